The summed E-state index contributed by atoms with van der Waals surface area (Å²) in [5.74, 6) is 13.3. The highest BCUT2D eigenvalue weighted by molar-refractivity contribution is 5.83. The Labute approximate surface area is 398 Å². The number of benzene rings is 1. The van der Waals surface area contributed by atoms with Gasteiger partial charge in [0.15, 0.2) is 35.6 Å². The molecule has 0 amide bonds. The lowest BCUT2D eigenvalue weighted by atomic mass is 10.1. The average Bonchev–Trinajstić information content (AvgIpc) is 3.87. The minimum Gasteiger partial charge on any atom is -0.327 e. The Morgan fingerprint density at radius 1 is 0.652 bits per heavy atom. The van der Waals surface area contributed by atoms with Gasteiger partial charge >= 0.3 is 11.4 Å². The molecule has 69 heavy (non-hydrogen) atoms. The molecule has 4 N–H and O–H groups in total. The highest BCUT2D eigenvalue weighted by atomic mass is 16.2. The van der Waals surface area contributed by atoms with E-state index in [1.165, 1.54) is 18.3 Å². The zero-order valence-corrected chi connectivity index (χ0v) is 39.5. The van der Waals surface area contributed by atoms with E-state index in [1.54, 1.807) is 46.3 Å². The number of nitrogens with zero attached hydrogens (tertiary/aromatic N) is 14. The standard InChI is InChI=1S/C49H56N16O4/c1-6-8-25-60-40-42(56(4)48(68)62(44(40)66)29-34-20-21-37-38(54-34)19-12-22-52-37)64(46(60)58-23-13-15-32(50)27-58)65-43-41(61(26-9-7-2)47(65)59-24-14-16-33(51)28-59)45(67)63(49(69)57(43)5)30-39-53-31(3)35-17-10-11-18-36(35)55-39/h10-12,17-22,32-33,46-47H,13-16,23-30,50-51H2,1-5H3. The molecule has 0 aliphatic carbocycles. The molecule has 4 aliphatic heterocycles. The number of pyridine rings is 2. The number of hydrazine groups is 1. The Kier molecular flexibility index (Phi) is 12.0. The number of nitrogens with two attached hydrogens (primary N) is 2. The lowest BCUT2D eigenvalue weighted by molar-refractivity contribution is 0.116. The maximum atomic E-state index is 15.5. The van der Waals surface area contributed by atoms with Gasteiger partial charge in [-0.2, -0.15) is 0 Å². The second-order valence-electron chi connectivity index (χ2n) is 18.2. The first-order valence-corrected chi connectivity index (χ1v) is 23.4. The molecular formula is C49H56N16O4. The molecule has 356 valence electrons. The summed E-state index contributed by atoms with van der Waals surface area (Å²) in [6.07, 6.45) is 3.16. The Bertz CT molecular complexity index is 3390. The van der Waals surface area contributed by atoms with Crippen LogP contribution in [0, 0.1) is 30.6 Å². The first-order valence-electron chi connectivity index (χ1n) is 23.4. The van der Waals surface area contributed by atoms with Gasteiger partial charge in [-0.1, -0.05) is 30.0 Å². The summed E-state index contributed by atoms with van der Waals surface area (Å²) in [7, 11) is 3.28. The van der Waals surface area contributed by atoms with E-state index in [1.807, 2.05) is 63.1 Å². The molecule has 9 heterocycles. The third-order valence-corrected chi connectivity index (χ3v) is 13.7. The third-order valence-electron chi connectivity index (χ3n) is 13.7. The molecule has 0 radical (unpaired) electrons. The van der Waals surface area contributed by atoms with Crippen LogP contribution in [0.3, 0.4) is 0 Å². The predicted octanol–water partition coefficient (Wildman–Crippen LogP) is 1.03. The fourth-order valence-corrected chi connectivity index (χ4v) is 10.5. The number of anilines is 4. The van der Waals surface area contributed by atoms with Crippen molar-refractivity contribution < 1.29 is 0 Å². The van der Waals surface area contributed by atoms with Crippen molar-refractivity contribution in [3.05, 3.63) is 114 Å². The summed E-state index contributed by atoms with van der Waals surface area (Å²) >= 11 is 0. The molecule has 0 bridgehead atoms. The monoisotopic (exact) mass is 932 g/mol. The largest absolute Gasteiger partial charge is 0.332 e. The van der Waals surface area contributed by atoms with E-state index >= 15 is 14.4 Å². The quantitative estimate of drug-likeness (QED) is 0.194. The van der Waals surface area contributed by atoms with E-state index in [0.717, 1.165) is 36.8 Å². The molecule has 0 spiro atoms. The van der Waals surface area contributed by atoms with Gasteiger partial charge in [-0.25, -0.2) is 34.6 Å². The van der Waals surface area contributed by atoms with E-state index in [-0.39, 0.29) is 61.3 Å². The predicted molar refractivity (Wildman–Crippen MR) is 266 cm³/mol. The maximum absolute atomic E-state index is 15.5. The van der Waals surface area contributed by atoms with Crippen LogP contribution >= 0.6 is 0 Å². The van der Waals surface area contributed by atoms with Crippen LogP contribution < -0.4 is 53.8 Å². The highest BCUT2D eigenvalue weighted by Gasteiger charge is 2.55. The minimum absolute atomic E-state index is 0.0925. The number of aryl methyl sites for hydroxylation is 1. The molecule has 0 saturated carbocycles. The van der Waals surface area contributed by atoms with Gasteiger partial charge in [-0.3, -0.25) is 42.6 Å². The zero-order valence-electron chi connectivity index (χ0n) is 39.5. The van der Waals surface area contributed by atoms with Crippen molar-refractivity contribution in [3.8, 4) is 23.7 Å². The van der Waals surface area contributed by atoms with Crippen LogP contribution in [0.4, 0.5) is 23.0 Å². The Morgan fingerprint density at radius 2 is 1.20 bits per heavy atom. The Morgan fingerprint density at radius 3 is 1.77 bits per heavy atom. The average molecular weight is 933 g/mol. The molecule has 5 aromatic heterocycles. The molecule has 2 fully saturated rings. The van der Waals surface area contributed by atoms with E-state index in [2.05, 4.69) is 38.5 Å². The molecule has 4 unspecified atom stereocenters. The summed E-state index contributed by atoms with van der Waals surface area (Å²) in [5.41, 5.74) is 14.9. The first-order chi connectivity index (χ1) is 33.4. The van der Waals surface area contributed by atoms with Gasteiger partial charge < -0.3 is 21.3 Å². The van der Waals surface area contributed by atoms with Gasteiger partial charge in [-0.05, 0) is 76.8 Å². The molecule has 2 saturated heterocycles. The number of rotatable bonds is 9. The Balaban J connectivity index is 1.23. The number of hydrogen-bond donors (Lipinski definition) is 2. The fraction of sp³-hybridized carbons (Fsp3) is 0.429. The van der Waals surface area contributed by atoms with Crippen LogP contribution in [-0.2, 0) is 27.2 Å². The molecule has 4 aliphatic rings. The van der Waals surface area contributed by atoms with Crippen molar-refractivity contribution >= 4 is 44.9 Å². The Hall–Kier alpha value is -7.36. The number of aromatic nitrogens is 8. The number of likely N-dealkylation sites (tertiary alicyclic amines) is 2. The minimum atomic E-state index is -0.820. The number of piperidine rings is 2. The van der Waals surface area contributed by atoms with Crippen LogP contribution in [-0.4, -0.2) is 112 Å². The lowest BCUT2D eigenvalue weighted by Gasteiger charge is -2.50. The summed E-state index contributed by atoms with van der Waals surface area (Å²) in [6, 6.07) is 14.4. The van der Waals surface area contributed by atoms with Crippen LogP contribution in [0.25, 0.3) is 21.9 Å². The third kappa shape index (κ3) is 7.79. The molecule has 20 heteroatoms. The number of para-hydroxylation sites is 1. The van der Waals surface area contributed by atoms with Crippen molar-refractivity contribution in [3.63, 3.8) is 0 Å². The van der Waals surface area contributed by atoms with Gasteiger partial charge in [0.25, 0.3) is 11.1 Å². The van der Waals surface area contributed by atoms with E-state index in [9.17, 15) is 4.79 Å². The van der Waals surface area contributed by atoms with Crippen molar-refractivity contribution in [2.45, 2.75) is 84.2 Å². The molecule has 4 atom stereocenters. The molecule has 1 aromatic carbocycles. The molecule has 10 rings (SSSR count). The van der Waals surface area contributed by atoms with Crippen LogP contribution in [0.1, 0.15) is 56.7 Å². The van der Waals surface area contributed by atoms with Crippen molar-refractivity contribution in [2.24, 2.45) is 25.6 Å². The summed E-state index contributed by atoms with van der Waals surface area (Å²) in [5, 5.41) is 4.70. The summed E-state index contributed by atoms with van der Waals surface area (Å²) < 4.78 is 5.31. The van der Waals surface area contributed by atoms with Gasteiger partial charge in [-0.15, -0.1) is 11.8 Å². The SMILES string of the molecule is CC#CCN1c2c(n(C)c(=O)n(Cc3ccc4ncccc4n3)c2=O)N(N2c3c(c(=O)n(Cc4nc(C)c5ccccc5n4)c(=O)n3C)N(CC#CC)C2N2CCCC(N)C2)C1N1CCCC(N)C1. The lowest BCUT2D eigenvalue weighted by Crippen LogP contribution is -2.70. The molecular weight excluding hydrogens is 877 g/mol. The zero-order chi connectivity index (χ0) is 48.2. The van der Waals surface area contributed by atoms with E-state index < -0.39 is 35.1 Å². The van der Waals surface area contributed by atoms with Crippen LogP contribution in [0.15, 0.2) is 73.9 Å². The maximum Gasteiger partial charge on any atom is 0.332 e. The van der Waals surface area contributed by atoms with Gasteiger partial charge in [0.2, 0.25) is 0 Å². The summed E-state index contributed by atoms with van der Waals surface area (Å²) in [6.45, 7) is 7.30. The number of hydrogen-bond acceptors (Lipinski definition) is 16. The normalized spacial score (nSPS) is 20.5. The van der Waals surface area contributed by atoms with E-state index in [0.29, 0.717) is 54.2 Å². The molecule has 6 aromatic rings. The van der Waals surface area contributed by atoms with Gasteiger partial charge in [0.1, 0.15) is 5.82 Å². The van der Waals surface area contributed by atoms with Gasteiger partial charge in [0.05, 0.1) is 48.4 Å². The van der Waals surface area contributed by atoms with Crippen molar-refractivity contribution in [1.29, 1.82) is 0 Å². The van der Waals surface area contributed by atoms with Gasteiger partial charge in [0, 0.05) is 69.6 Å². The number of fused-ring (bicyclic) bond motifs is 4. The van der Waals surface area contributed by atoms with Crippen LogP contribution in [0.5, 0.6) is 0 Å². The van der Waals surface area contributed by atoms with Crippen molar-refractivity contribution in [1.82, 2.24) is 48.0 Å². The fourth-order valence-electron chi connectivity index (χ4n) is 10.5. The first kappa shape index (κ1) is 45.4. The second-order valence-corrected chi connectivity index (χ2v) is 18.2. The van der Waals surface area contributed by atoms with Crippen molar-refractivity contribution in [2.75, 3.05) is 59.1 Å². The van der Waals surface area contributed by atoms with E-state index in [4.69, 9.17) is 26.4 Å². The molecule has 20 nitrogen and oxygen atoms in total. The van der Waals surface area contributed by atoms with Crippen LogP contribution in [0.2, 0.25) is 0 Å². The smallest absolute Gasteiger partial charge is 0.327 e. The topological polar surface area (TPSA) is 211 Å². The summed E-state index contributed by atoms with van der Waals surface area (Å²) in [4.78, 5) is 87.9. The highest BCUT2D eigenvalue weighted by Crippen LogP contribution is 2.47. The second kappa shape index (κ2) is 18.3.